The Morgan fingerprint density at radius 1 is 1.32 bits per heavy atom. The second kappa shape index (κ2) is 7.00. The van der Waals surface area contributed by atoms with E-state index in [1.807, 2.05) is 25.1 Å². The largest absolute Gasteiger partial charge is 0.493 e. The molecular weight excluding hydrogens is 324 g/mol. The van der Waals surface area contributed by atoms with Gasteiger partial charge < -0.3 is 19.8 Å². The summed E-state index contributed by atoms with van der Waals surface area (Å²) < 4.78 is 5.05. The SMILES string of the molecule is CCc1ccc2[nH]c(O)c(N=NC(=O)C(=O)NCc3ccco3)c2c1. The van der Waals surface area contributed by atoms with Crippen molar-refractivity contribution in [2.45, 2.75) is 19.9 Å². The number of furan rings is 1. The Labute approximate surface area is 142 Å². The van der Waals surface area contributed by atoms with E-state index >= 15 is 0 Å². The van der Waals surface area contributed by atoms with Crippen molar-refractivity contribution in [2.24, 2.45) is 10.2 Å². The molecule has 25 heavy (non-hydrogen) atoms. The smallest absolute Gasteiger partial charge is 0.353 e. The van der Waals surface area contributed by atoms with Crippen molar-refractivity contribution >= 4 is 28.4 Å². The van der Waals surface area contributed by atoms with Gasteiger partial charge in [0, 0.05) is 5.39 Å². The maximum Gasteiger partial charge on any atom is 0.353 e. The molecule has 2 aromatic heterocycles. The van der Waals surface area contributed by atoms with Gasteiger partial charge in [-0.2, -0.15) is 0 Å². The van der Waals surface area contributed by atoms with Crippen molar-refractivity contribution in [3.05, 3.63) is 47.9 Å². The van der Waals surface area contributed by atoms with E-state index < -0.39 is 11.8 Å². The van der Waals surface area contributed by atoms with E-state index in [-0.39, 0.29) is 18.1 Å². The first-order chi connectivity index (χ1) is 12.1. The second-order valence-electron chi connectivity index (χ2n) is 5.32. The number of hydrogen-bond acceptors (Lipinski definition) is 5. The van der Waals surface area contributed by atoms with E-state index in [0.29, 0.717) is 16.7 Å². The molecule has 3 aromatic rings. The first kappa shape index (κ1) is 16.4. The van der Waals surface area contributed by atoms with Crippen LogP contribution >= 0.6 is 0 Å². The average Bonchev–Trinajstić information content (AvgIpc) is 3.24. The normalized spacial score (nSPS) is 11.2. The number of hydrogen-bond donors (Lipinski definition) is 3. The summed E-state index contributed by atoms with van der Waals surface area (Å²) in [6.07, 6.45) is 2.28. The maximum atomic E-state index is 11.8. The second-order valence-corrected chi connectivity index (χ2v) is 5.32. The standard InChI is InChI=1S/C17H16N4O4/c1-2-10-5-6-13-12(8-10)14(15(22)19-13)20-21-17(24)16(23)18-9-11-4-3-7-25-11/h3-8,19,22H,2,9H2,1H3,(H,18,23). The summed E-state index contributed by atoms with van der Waals surface area (Å²) in [7, 11) is 0. The van der Waals surface area contributed by atoms with Gasteiger partial charge in [0.05, 0.1) is 18.3 Å². The molecular formula is C17H16N4O4. The third kappa shape index (κ3) is 3.57. The molecule has 0 saturated heterocycles. The molecule has 8 nitrogen and oxygen atoms in total. The van der Waals surface area contributed by atoms with E-state index in [9.17, 15) is 14.7 Å². The summed E-state index contributed by atoms with van der Waals surface area (Å²) in [6.45, 7) is 2.08. The predicted octanol–water partition coefficient (Wildman–Crippen LogP) is 2.96. The van der Waals surface area contributed by atoms with Gasteiger partial charge in [-0.3, -0.25) is 9.59 Å². The van der Waals surface area contributed by atoms with E-state index in [1.54, 1.807) is 12.1 Å². The zero-order valence-electron chi connectivity index (χ0n) is 13.4. The van der Waals surface area contributed by atoms with Crippen LogP contribution in [-0.2, 0) is 22.6 Å². The predicted molar refractivity (Wildman–Crippen MR) is 89.4 cm³/mol. The van der Waals surface area contributed by atoms with Crippen LogP contribution in [0.1, 0.15) is 18.2 Å². The molecule has 0 aliphatic heterocycles. The van der Waals surface area contributed by atoms with Crippen LogP contribution in [0.3, 0.4) is 0 Å². The number of amides is 2. The van der Waals surface area contributed by atoms with Crippen molar-refractivity contribution in [3.8, 4) is 5.88 Å². The number of carbonyl (C=O) groups excluding carboxylic acids is 2. The lowest BCUT2D eigenvalue weighted by atomic mass is 10.1. The van der Waals surface area contributed by atoms with Crippen molar-refractivity contribution in [1.82, 2.24) is 10.3 Å². The van der Waals surface area contributed by atoms with Crippen molar-refractivity contribution in [2.75, 3.05) is 0 Å². The lowest BCUT2D eigenvalue weighted by molar-refractivity contribution is -0.137. The number of aromatic nitrogens is 1. The number of nitrogens with zero attached hydrogens (tertiary/aromatic N) is 2. The highest BCUT2D eigenvalue weighted by Gasteiger charge is 2.15. The fraction of sp³-hybridized carbons (Fsp3) is 0.176. The van der Waals surface area contributed by atoms with Gasteiger partial charge in [0.25, 0.3) is 0 Å². The summed E-state index contributed by atoms with van der Waals surface area (Å²) in [4.78, 5) is 26.2. The minimum absolute atomic E-state index is 0.0747. The Bertz CT molecular complexity index is 941. The highest BCUT2D eigenvalue weighted by atomic mass is 16.3. The number of azo groups is 1. The van der Waals surface area contributed by atoms with Crippen molar-refractivity contribution in [3.63, 3.8) is 0 Å². The molecule has 2 heterocycles. The topological polar surface area (TPSA) is 120 Å². The first-order valence-electron chi connectivity index (χ1n) is 7.68. The van der Waals surface area contributed by atoms with Gasteiger partial charge in [-0.25, -0.2) is 0 Å². The van der Waals surface area contributed by atoms with Crippen LogP contribution in [0.5, 0.6) is 5.88 Å². The summed E-state index contributed by atoms with van der Waals surface area (Å²) >= 11 is 0. The van der Waals surface area contributed by atoms with Crippen molar-refractivity contribution in [1.29, 1.82) is 0 Å². The van der Waals surface area contributed by atoms with Gasteiger partial charge in [0.2, 0.25) is 5.88 Å². The summed E-state index contributed by atoms with van der Waals surface area (Å²) in [5.74, 6) is -1.67. The molecule has 0 aliphatic rings. The molecule has 3 N–H and O–H groups in total. The quantitative estimate of drug-likeness (QED) is 0.499. The number of H-pyrrole nitrogens is 1. The minimum atomic E-state index is -1.06. The number of benzene rings is 1. The van der Waals surface area contributed by atoms with Crippen LogP contribution in [0.15, 0.2) is 51.2 Å². The zero-order chi connectivity index (χ0) is 17.8. The van der Waals surface area contributed by atoms with Crippen molar-refractivity contribution < 1.29 is 19.1 Å². The third-order valence-electron chi connectivity index (χ3n) is 3.66. The summed E-state index contributed by atoms with van der Waals surface area (Å²) in [6, 6.07) is 8.92. The number of rotatable bonds is 4. The van der Waals surface area contributed by atoms with Crippen LogP contribution in [0, 0.1) is 0 Å². The zero-order valence-corrected chi connectivity index (χ0v) is 13.4. The molecule has 0 fully saturated rings. The van der Waals surface area contributed by atoms with Crippen LogP contribution in [0.2, 0.25) is 0 Å². The molecule has 0 atom stereocenters. The molecule has 8 heteroatoms. The van der Waals surface area contributed by atoms with Crippen LogP contribution in [0.25, 0.3) is 10.9 Å². The van der Waals surface area contributed by atoms with Crippen LogP contribution < -0.4 is 5.32 Å². The van der Waals surface area contributed by atoms with Gasteiger partial charge >= 0.3 is 11.8 Å². The number of aromatic hydroxyl groups is 1. The number of aryl methyl sites for hydroxylation is 1. The van der Waals surface area contributed by atoms with E-state index in [0.717, 1.165) is 12.0 Å². The highest BCUT2D eigenvalue weighted by molar-refractivity contribution is 6.35. The number of fused-ring (bicyclic) bond motifs is 1. The lowest BCUT2D eigenvalue weighted by Gasteiger charge is -1.99. The molecule has 3 rings (SSSR count). The monoisotopic (exact) mass is 340 g/mol. The average molecular weight is 340 g/mol. The van der Waals surface area contributed by atoms with Gasteiger partial charge in [0.1, 0.15) is 5.76 Å². The first-order valence-corrected chi connectivity index (χ1v) is 7.68. The molecule has 0 spiro atoms. The van der Waals surface area contributed by atoms with Crippen LogP contribution in [-0.4, -0.2) is 21.9 Å². The van der Waals surface area contributed by atoms with E-state index in [2.05, 4.69) is 20.5 Å². The summed E-state index contributed by atoms with van der Waals surface area (Å²) in [5.41, 5.74) is 1.83. The lowest BCUT2D eigenvalue weighted by Crippen LogP contribution is -2.28. The number of aromatic amines is 1. The fourth-order valence-electron chi connectivity index (χ4n) is 2.33. The Morgan fingerprint density at radius 3 is 2.88 bits per heavy atom. The van der Waals surface area contributed by atoms with Gasteiger partial charge in [-0.05, 0) is 36.2 Å². The molecule has 0 radical (unpaired) electrons. The molecule has 128 valence electrons. The molecule has 2 amide bonds. The molecule has 0 unspecified atom stereocenters. The Morgan fingerprint density at radius 2 is 2.16 bits per heavy atom. The van der Waals surface area contributed by atoms with E-state index in [1.165, 1.54) is 6.26 Å². The van der Waals surface area contributed by atoms with E-state index in [4.69, 9.17) is 4.42 Å². The fourth-order valence-corrected chi connectivity index (χ4v) is 2.33. The minimum Gasteiger partial charge on any atom is -0.493 e. The molecule has 0 saturated carbocycles. The highest BCUT2D eigenvalue weighted by Crippen LogP contribution is 2.36. The molecule has 0 bridgehead atoms. The molecule has 1 aromatic carbocycles. The third-order valence-corrected chi connectivity index (χ3v) is 3.66. The number of carbonyl (C=O) groups is 2. The Balaban J connectivity index is 1.74. The Kier molecular flexibility index (Phi) is 4.60. The number of nitrogens with one attached hydrogen (secondary N) is 2. The summed E-state index contributed by atoms with van der Waals surface area (Å²) in [5, 5.41) is 20.1. The van der Waals surface area contributed by atoms with Gasteiger partial charge in [-0.15, -0.1) is 10.2 Å². The van der Waals surface area contributed by atoms with Gasteiger partial charge in [-0.1, -0.05) is 13.0 Å². The molecule has 0 aliphatic carbocycles. The maximum absolute atomic E-state index is 11.8. The Hall–Kier alpha value is -3.42. The van der Waals surface area contributed by atoms with Gasteiger partial charge in [0.15, 0.2) is 5.69 Å². The van der Waals surface area contributed by atoms with Crippen LogP contribution in [0.4, 0.5) is 5.69 Å².